The zero-order valence-corrected chi connectivity index (χ0v) is 15.0. The maximum Gasteiger partial charge on any atom is 0.312 e. The molecule has 2 aliphatic rings. The normalized spacial score (nSPS) is 32.8. The third-order valence-electron chi connectivity index (χ3n) is 5.35. The molecule has 1 aliphatic heterocycles. The molecule has 3 rings (SSSR count). The lowest BCUT2D eigenvalue weighted by Gasteiger charge is -2.45. The van der Waals surface area contributed by atoms with Gasteiger partial charge in [-0.05, 0) is 50.3 Å². The molecule has 0 spiro atoms. The van der Waals surface area contributed by atoms with Gasteiger partial charge in [0.2, 0.25) is 0 Å². The molecule has 1 aromatic rings. The van der Waals surface area contributed by atoms with Crippen molar-refractivity contribution >= 4 is 34.9 Å². The van der Waals surface area contributed by atoms with Gasteiger partial charge in [0, 0.05) is 21.7 Å². The topological polar surface area (TPSA) is 73.4 Å². The molecule has 1 aliphatic carbocycles. The molecule has 0 amide bonds. The van der Waals surface area contributed by atoms with E-state index in [1.807, 2.05) is 6.92 Å². The van der Waals surface area contributed by atoms with Gasteiger partial charge in [-0.15, -0.1) is 0 Å². The monoisotopic (exact) mass is 364 g/mol. The molecule has 1 saturated carbocycles. The van der Waals surface area contributed by atoms with E-state index in [0.717, 1.165) is 12.8 Å². The van der Waals surface area contributed by atoms with E-state index in [1.165, 1.54) is 0 Å². The highest BCUT2D eigenvalue weighted by atomic mass is 35.5. The number of aliphatic carboxylic acids is 1. The van der Waals surface area contributed by atoms with E-state index in [2.05, 4.69) is 11.1 Å². The molecule has 126 valence electrons. The molecule has 1 N–H and O–H groups in total. The van der Waals surface area contributed by atoms with Crippen molar-refractivity contribution in [3.05, 3.63) is 33.8 Å². The van der Waals surface area contributed by atoms with Crippen molar-refractivity contribution in [2.75, 3.05) is 0 Å². The molecule has 0 saturated heterocycles. The van der Waals surface area contributed by atoms with Gasteiger partial charge in [-0.25, -0.2) is 0 Å². The van der Waals surface area contributed by atoms with Crippen LogP contribution in [0, 0.1) is 28.6 Å². The van der Waals surface area contributed by atoms with Gasteiger partial charge in [-0.2, -0.15) is 5.26 Å². The van der Waals surface area contributed by atoms with Gasteiger partial charge in [0.15, 0.2) is 0 Å². The van der Waals surface area contributed by atoms with Crippen LogP contribution >= 0.6 is 23.2 Å². The van der Waals surface area contributed by atoms with Crippen LogP contribution in [-0.4, -0.2) is 22.8 Å². The van der Waals surface area contributed by atoms with Crippen LogP contribution in [0.3, 0.4) is 0 Å². The predicted molar refractivity (Wildman–Crippen MR) is 93.7 cm³/mol. The standard InChI is InChI=1S/C18H18Cl2N2O2/c1-9-13(8-21)15(12-6-5-11(19)7-14(12)20)18(2,17(23)24)16(22-9)10-3-4-10/h5-7,10,13,15-16H,3-4H2,1-2H3,(H,23,24). The van der Waals surface area contributed by atoms with Gasteiger partial charge in [-0.3, -0.25) is 9.79 Å². The Morgan fingerprint density at radius 1 is 1.42 bits per heavy atom. The first-order chi connectivity index (χ1) is 11.3. The van der Waals surface area contributed by atoms with Crippen molar-refractivity contribution in [1.82, 2.24) is 0 Å². The predicted octanol–water partition coefficient (Wildman–Crippen LogP) is 4.56. The molecule has 0 aromatic heterocycles. The number of carboxylic acid groups (broad SMARTS) is 1. The van der Waals surface area contributed by atoms with E-state index in [0.29, 0.717) is 21.3 Å². The minimum Gasteiger partial charge on any atom is -0.481 e. The minimum atomic E-state index is -1.18. The number of hydrogen-bond donors (Lipinski definition) is 1. The van der Waals surface area contributed by atoms with Gasteiger partial charge >= 0.3 is 5.97 Å². The van der Waals surface area contributed by atoms with Crippen molar-refractivity contribution in [2.24, 2.45) is 22.2 Å². The molecule has 24 heavy (non-hydrogen) atoms. The Morgan fingerprint density at radius 3 is 2.58 bits per heavy atom. The van der Waals surface area contributed by atoms with Gasteiger partial charge in [-0.1, -0.05) is 29.3 Å². The highest BCUT2D eigenvalue weighted by Gasteiger charge is 2.59. The number of aliphatic imine (C=N–C) groups is 1. The Kier molecular flexibility index (Phi) is 4.36. The maximum atomic E-state index is 12.3. The molecule has 1 aromatic carbocycles. The number of nitriles is 1. The zero-order valence-electron chi connectivity index (χ0n) is 13.5. The fourth-order valence-corrected chi connectivity index (χ4v) is 4.42. The average molecular weight is 365 g/mol. The van der Waals surface area contributed by atoms with Crippen LogP contribution in [0.2, 0.25) is 10.0 Å². The third-order valence-corrected chi connectivity index (χ3v) is 5.92. The lowest BCUT2D eigenvalue weighted by atomic mass is 9.60. The lowest BCUT2D eigenvalue weighted by molar-refractivity contribution is -0.152. The highest BCUT2D eigenvalue weighted by Crippen LogP contribution is 2.55. The van der Waals surface area contributed by atoms with Crippen LogP contribution in [0.15, 0.2) is 23.2 Å². The summed E-state index contributed by atoms with van der Waals surface area (Å²) in [6, 6.07) is 6.94. The van der Waals surface area contributed by atoms with Gasteiger partial charge in [0.1, 0.15) is 0 Å². The molecule has 1 fully saturated rings. The van der Waals surface area contributed by atoms with Crippen molar-refractivity contribution in [2.45, 2.75) is 38.6 Å². The van der Waals surface area contributed by atoms with Crippen LogP contribution in [0.25, 0.3) is 0 Å². The molecule has 4 nitrogen and oxygen atoms in total. The molecule has 6 heteroatoms. The van der Waals surface area contributed by atoms with Crippen LogP contribution < -0.4 is 0 Å². The molecular formula is C18H18Cl2N2O2. The van der Waals surface area contributed by atoms with Crippen molar-refractivity contribution in [3.63, 3.8) is 0 Å². The number of carboxylic acids is 1. The van der Waals surface area contributed by atoms with Crippen LogP contribution in [-0.2, 0) is 4.79 Å². The summed E-state index contributed by atoms with van der Waals surface area (Å²) >= 11 is 12.4. The Balaban J connectivity index is 2.23. The number of benzene rings is 1. The fraction of sp³-hybridized carbons (Fsp3) is 0.500. The quantitative estimate of drug-likeness (QED) is 0.853. The average Bonchev–Trinajstić information content (AvgIpc) is 3.34. The number of halogens is 2. The summed E-state index contributed by atoms with van der Waals surface area (Å²) in [5, 5.41) is 20.6. The second-order valence-corrected chi connectivity index (χ2v) is 7.73. The lowest BCUT2D eigenvalue weighted by Crippen LogP contribution is -2.52. The number of nitrogens with zero attached hydrogens (tertiary/aromatic N) is 2. The van der Waals surface area contributed by atoms with Crippen LogP contribution in [0.5, 0.6) is 0 Å². The molecule has 1 heterocycles. The second-order valence-electron chi connectivity index (χ2n) is 6.89. The van der Waals surface area contributed by atoms with Crippen molar-refractivity contribution < 1.29 is 9.90 Å². The molecule has 0 bridgehead atoms. The van der Waals surface area contributed by atoms with E-state index in [4.69, 9.17) is 23.2 Å². The minimum absolute atomic E-state index is 0.259. The Labute approximate surface area is 151 Å². The molecule has 0 radical (unpaired) electrons. The molecular weight excluding hydrogens is 347 g/mol. The summed E-state index contributed by atoms with van der Waals surface area (Å²) in [6.45, 7) is 3.51. The van der Waals surface area contributed by atoms with E-state index in [9.17, 15) is 15.2 Å². The number of rotatable bonds is 3. The Bertz CT molecular complexity index is 767. The van der Waals surface area contributed by atoms with E-state index in [1.54, 1.807) is 25.1 Å². The van der Waals surface area contributed by atoms with Gasteiger partial charge < -0.3 is 5.11 Å². The fourth-order valence-electron chi connectivity index (χ4n) is 3.90. The van der Waals surface area contributed by atoms with Crippen molar-refractivity contribution in [3.8, 4) is 6.07 Å². The third kappa shape index (κ3) is 2.60. The summed E-state index contributed by atoms with van der Waals surface area (Å²) in [7, 11) is 0. The second kappa shape index (κ2) is 6.06. The first-order valence-electron chi connectivity index (χ1n) is 7.93. The number of hydrogen-bond acceptors (Lipinski definition) is 3. The first kappa shape index (κ1) is 17.3. The smallest absolute Gasteiger partial charge is 0.312 e. The zero-order chi connectivity index (χ0) is 17.6. The Hall–Kier alpha value is -1.57. The summed E-state index contributed by atoms with van der Waals surface area (Å²) in [5.74, 6) is -1.87. The summed E-state index contributed by atoms with van der Waals surface area (Å²) in [4.78, 5) is 16.9. The van der Waals surface area contributed by atoms with E-state index >= 15 is 0 Å². The Morgan fingerprint density at radius 2 is 2.08 bits per heavy atom. The summed E-state index contributed by atoms with van der Waals surface area (Å²) in [5.41, 5.74) is 0.153. The van der Waals surface area contributed by atoms with E-state index < -0.39 is 23.2 Å². The molecule has 4 atom stereocenters. The van der Waals surface area contributed by atoms with Crippen LogP contribution in [0.1, 0.15) is 38.2 Å². The largest absolute Gasteiger partial charge is 0.481 e. The highest BCUT2D eigenvalue weighted by molar-refractivity contribution is 6.35. The van der Waals surface area contributed by atoms with Gasteiger partial charge in [0.25, 0.3) is 0 Å². The first-order valence-corrected chi connectivity index (χ1v) is 8.68. The molecule has 4 unspecified atom stereocenters. The maximum absolute atomic E-state index is 12.3. The van der Waals surface area contributed by atoms with E-state index in [-0.39, 0.29) is 12.0 Å². The SMILES string of the molecule is CC1=NC(C2CC2)C(C)(C(=O)O)C(c2ccc(Cl)cc2Cl)C1C#N. The van der Waals surface area contributed by atoms with Crippen LogP contribution in [0.4, 0.5) is 0 Å². The van der Waals surface area contributed by atoms with Crippen molar-refractivity contribution in [1.29, 1.82) is 5.26 Å². The number of carbonyl (C=O) groups is 1. The summed E-state index contributed by atoms with van der Waals surface area (Å²) < 4.78 is 0. The summed E-state index contributed by atoms with van der Waals surface area (Å²) in [6.07, 6.45) is 1.95. The van der Waals surface area contributed by atoms with Gasteiger partial charge in [0.05, 0.1) is 23.4 Å².